The molecule has 2 atom stereocenters. The van der Waals surface area contributed by atoms with E-state index in [-0.39, 0.29) is 11.6 Å². The number of benzene rings is 1. The van der Waals surface area contributed by atoms with Crippen LogP contribution in [0.25, 0.3) is 0 Å². The molecule has 2 aromatic rings. The third-order valence-corrected chi connectivity index (χ3v) is 5.44. The summed E-state index contributed by atoms with van der Waals surface area (Å²) in [4.78, 5) is 25.4. The molecule has 1 saturated heterocycles. The van der Waals surface area contributed by atoms with Crippen LogP contribution in [-0.4, -0.2) is 23.9 Å². The smallest absolute Gasteiger partial charge is 0.279 e. The summed E-state index contributed by atoms with van der Waals surface area (Å²) in [6, 6.07) is 9.08. The molecule has 0 spiro atoms. The molecule has 0 bridgehead atoms. The summed E-state index contributed by atoms with van der Waals surface area (Å²) >= 11 is 1.75. The number of amides is 1. The number of nitrogens with zero attached hydrogens (tertiary/aromatic N) is 1. The fourth-order valence-electron chi connectivity index (χ4n) is 3.26. The Bertz CT molecular complexity index is 746. The molecular formula is C17H20N3O3S+. The molecule has 2 N–H and O–H groups in total. The fraction of sp³-hybridized carbons (Fsp3) is 0.353. The summed E-state index contributed by atoms with van der Waals surface area (Å²) in [5.41, 5.74) is 1.37. The van der Waals surface area contributed by atoms with E-state index >= 15 is 0 Å². The van der Waals surface area contributed by atoms with Crippen molar-refractivity contribution in [3.8, 4) is 0 Å². The van der Waals surface area contributed by atoms with Gasteiger partial charge in [0.05, 0.1) is 16.3 Å². The van der Waals surface area contributed by atoms with Crippen LogP contribution in [0.1, 0.15) is 29.3 Å². The van der Waals surface area contributed by atoms with Crippen LogP contribution < -0.4 is 10.2 Å². The van der Waals surface area contributed by atoms with Gasteiger partial charge in [0.25, 0.3) is 11.6 Å². The summed E-state index contributed by atoms with van der Waals surface area (Å²) in [5, 5.41) is 15.7. The van der Waals surface area contributed by atoms with Crippen molar-refractivity contribution in [3.05, 3.63) is 56.3 Å². The van der Waals surface area contributed by atoms with Crippen molar-refractivity contribution in [2.24, 2.45) is 0 Å². The second kappa shape index (κ2) is 7.11. The number of nitrogens with one attached hydrogen (secondary N) is 2. The number of carbonyl (C=O) groups is 1. The Hall–Kier alpha value is -2.25. The Kier molecular flexibility index (Phi) is 4.92. The monoisotopic (exact) mass is 346 g/mol. The molecule has 1 aliphatic rings. The number of nitro groups is 1. The number of thiophene rings is 1. The molecule has 0 saturated carbocycles. The van der Waals surface area contributed by atoms with E-state index in [1.165, 1.54) is 21.9 Å². The second-order valence-corrected chi connectivity index (χ2v) is 7.08. The largest absolute Gasteiger partial charge is 0.321 e. The maximum Gasteiger partial charge on any atom is 0.279 e. The standard InChI is InChI=1S/C17H19N3O3S/c1-12-10-13(20(22)23)6-7-14(12)18-17(21)11-19-8-2-4-15(19)16-5-3-9-24-16/h3,5-7,9-10,15H,2,4,8,11H2,1H3,(H,18,21)/p+1/t15-/m0/s1. The number of carbonyl (C=O) groups excluding carboxylic acids is 1. The van der Waals surface area contributed by atoms with E-state index in [0.29, 0.717) is 23.8 Å². The van der Waals surface area contributed by atoms with Crippen molar-refractivity contribution in [2.45, 2.75) is 25.8 Å². The van der Waals surface area contributed by atoms with Gasteiger partial charge in [0.1, 0.15) is 6.04 Å². The van der Waals surface area contributed by atoms with Crippen LogP contribution in [0.5, 0.6) is 0 Å². The number of hydrogen-bond acceptors (Lipinski definition) is 4. The number of hydrogen-bond donors (Lipinski definition) is 2. The van der Waals surface area contributed by atoms with E-state index in [2.05, 4.69) is 22.8 Å². The summed E-state index contributed by atoms with van der Waals surface area (Å²) in [7, 11) is 0. The van der Waals surface area contributed by atoms with Crippen LogP contribution in [-0.2, 0) is 4.79 Å². The normalized spacial score (nSPS) is 20.0. The quantitative estimate of drug-likeness (QED) is 0.644. The third-order valence-electron chi connectivity index (χ3n) is 4.45. The Balaban J connectivity index is 1.64. The number of rotatable bonds is 5. The zero-order valence-electron chi connectivity index (χ0n) is 13.5. The lowest BCUT2D eigenvalue weighted by molar-refractivity contribution is -0.910. The number of nitro benzene ring substituents is 1. The second-order valence-electron chi connectivity index (χ2n) is 6.10. The van der Waals surface area contributed by atoms with Gasteiger partial charge in [-0.15, -0.1) is 11.3 Å². The minimum atomic E-state index is -0.432. The minimum Gasteiger partial charge on any atom is -0.321 e. The molecule has 24 heavy (non-hydrogen) atoms. The van der Waals surface area contributed by atoms with Crippen LogP contribution >= 0.6 is 11.3 Å². The first kappa shape index (κ1) is 16.6. The van der Waals surface area contributed by atoms with Gasteiger partial charge in [-0.2, -0.15) is 0 Å². The molecule has 1 unspecified atom stereocenters. The summed E-state index contributed by atoms with van der Waals surface area (Å²) in [5.74, 6) is -0.0505. The van der Waals surface area contributed by atoms with Gasteiger partial charge in [0, 0.05) is 30.7 Å². The van der Waals surface area contributed by atoms with E-state index in [1.807, 2.05) is 0 Å². The molecule has 1 aliphatic heterocycles. The van der Waals surface area contributed by atoms with Crippen LogP contribution in [0.3, 0.4) is 0 Å². The van der Waals surface area contributed by atoms with Gasteiger partial charge < -0.3 is 10.2 Å². The van der Waals surface area contributed by atoms with Crippen molar-refractivity contribution in [1.29, 1.82) is 0 Å². The van der Waals surface area contributed by atoms with Gasteiger partial charge in [-0.05, 0) is 30.0 Å². The maximum absolute atomic E-state index is 12.4. The highest BCUT2D eigenvalue weighted by Gasteiger charge is 2.32. The van der Waals surface area contributed by atoms with Crippen LogP contribution in [0.15, 0.2) is 35.7 Å². The molecule has 126 valence electrons. The first-order valence-corrected chi connectivity index (χ1v) is 8.85. The van der Waals surface area contributed by atoms with E-state index in [0.717, 1.165) is 19.4 Å². The SMILES string of the molecule is Cc1cc([N+](=O)[O-])ccc1NC(=O)C[NH+]1CCC[C@H]1c1cccs1. The highest BCUT2D eigenvalue weighted by atomic mass is 32.1. The topological polar surface area (TPSA) is 76.7 Å². The number of aryl methyl sites for hydroxylation is 1. The zero-order chi connectivity index (χ0) is 17.1. The molecule has 0 aliphatic carbocycles. The number of anilines is 1. The predicted octanol–water partition coefficient (Wildman–Crippen LogP) is 2.32. The molecule has 1 aromatic carbocycles. The Morgan fingerprint density at radius 3 is 2.96 bits per heavy atom. The van der Waals surface area contributed by atoms with Crippen molar-refractivity contribution < 1.29 is 14.6 Å². The first-order valence-electron chi connectivity index (χ1n) is 7.97. The molecule has 1 aromatic heterocycles. The molecular weight excluding hydrogens is 326 g/mol. The Labute approximate surface area is 144 Å². The minimum absolute atomic E-state index is 0.0356. The maximum atomic E-state index is 12.4. The lowest BCUT2D eigenvalue weighted by Gasteiger charge is -2.20. The molecule has 1 amide bonds. The van der Waals surface area contributed by atoms with Gasteiger partial charge >= 0.3 is 0 Å². The molecule has 6 nitrogen and oxygen atoms in total. The van der Waals surface area contributed by atoms with E-state index in [9.17, 15) is 14.9 Å². The third kappa shape index (κ3) is 3.63. The van der Waals surface area contributed by atoms with Crippen LogP contribution in [0.4, 0.5) is 11.4 Å². The van der Waals surface area contributed by atoms with Crippen molar-refractivity contribution in [2.75, 3.05) is 18.4 Å². The van der Waals surface area contributed by atoms with Gasteiger partial charge in [-0.25, -0.2) is 0 Å². The Morgan fingerprint density at radius 2 is 2.29 bits per heavy atom. The average Bonchev–Trinajstić information content (AvgIpc) is 3.19. The number of quaternary nitrogens is 1. The van der Waals surface area contributed by atoms with Gasteiger partial charge in [-0.3, -0.25) is 14.9 Å². The number of non-ortho nitro benzene ring substituents is 1. The lowest BCUT2D eigenvalue weighted by Crippen LogP contribution is -3.11. The molecule has 2 heterocycles. The van der Waals surface area contributed by atoms with E-state index in [4.69, 9.17) is 0 Å². The summed E-state index contributed by atoms with van der Waals surface area (Å²) < 4.78 is 0. The van der Waals surface area contributed by atoms with E-state index < -0.39 is 4.92 Å². The fourth-order valence-corrected chi connectivity index (χ4v) is 4.18. The highest BCUT2D eigenvalue weighted by molar-refractivity contribution is 7.10. The van der Waals surface area contributed by atoms with Crippen LogP contribution in [0, 0.1) is 17.0 Å². The van der Waals surface area contributed by atoms with Crippen molar-refractivity contribution in [3.63, 3.8) is 0 Å². The first-order chi connectivity index (χ1) is 11.5. The average molecular weight is 346 g/mol. The lowest BCUT2D eigenvalue weighted by atomic mass is 10.1. The van der Waals surface area contributed by atoms with E-state index in [1.54, 1.807) is 24.3 Å². The van der Waals surface area contributed by atoms with Crippen molar-refractivity contribution >= 4 is 28.6 Å². The molecule has 3 rings (SSSR count). The highest BCUT2D eigenvalue weighted by Crippen LogP contribution is 2.24. The molecule has 0 radical (unpaired) electrons. The number of likely N-dealkylation sites (tertiary alicyclic amines) is 1. The van der Waals surface area contributed by atoms with Gasteiger partial charge in [0.15, 0.2) is 6.54 Å². The predicted molar refractivity (Wildman–Crippen MR) is 93.5 cm³/mol. The zero-order valence-corrected chi connectivity index (χ0v) is 14.3. The van der Waals surface area contributed by atoms with Gasteiger partial charge in [-0.1, -0.05) is 6.07 Å². The summed E-state index contributed by atoms with van der Waals surface area (Å²) in [6.45, 7) is 3.17. The van der Waals surface area contributed by atoms with Crippen molar-refractivity contribution in [1.82, 2.24) is 0 Å². The van der Waals surface area contributed by atoms with Gasteiger partial charge in [0.2, 0.25) is 0 Å². The molecule has 1 fully saturated rings. The summed E-state index contributed by atoms with van der Waals surface area (Å²) in [6.07, 6.45) is 2.24. The Morgan fingerprint density at radius 1 is 1.46 bits per heavy atom. The van der Waals surface area contributed by atoms with Crippen LogP contribution in [0.2, 0.25) is 0 Å². The molecule has 7 heteroatoms.